The van der Waals surface area contributed by atoms with Crippen molar-refractivity contribution in [2.75, 3.05) is 0 Å². The van der Waals surface area contributed by atoms with Gasteiger partial charge in [0.2, 0.25) is 0 Å². The maximum atomic E-state index is 13.2. The minimum atomic E-state index is -0.191. The zero-order valence-electron chi connectivity index (χ0n) is 17.4. The average molecular weight is 429 g/mol. The first-order chi connectivity index (χ1) is 15.1. The molecule has 0 aliphatic carbocycles. The van der Waals surface area contributed by atoms with Gasteiger partial charge < -0.3 is 4.57 Å². The molecular formula is C25H24N4OS. The van der Waals surface area contributed by atoms with Crippen LogP contribution in [0.25, 0.3) is 10.8 Å². The second kappa shape index (κ2) is 9.10. The number of aromatic nitrogens is 1. The van der Waals surface area contributed by atoms with E-state index in [0.717, 1.165) is 22.2 Å². The summed E-state index contributed by atoms with van der Waals surface area (Å²) in [5.41, 5.74) is 2.91. The number of benzene rings is 2. The molecule has 1 N–H and O–H groups in total. The molecule has 1 atom stereocenters. The van der Waals surface area contributed by atoms with Gasteiger partial charge in [0.15, 0.2) is 4.80 Å². The standard InChI is InChI=1S/C25H24N4OS/c1-3-5-8-18(4-2)23-16-22(21-12-11-19-9-6-7-10-20(19)15-21)27-29(23)24(30)17-28-13-14-31-25(28)26/h3-15,23,26H,1,16-17H2,2H3/b8-5-,18-4+,26-25?. The first kappa shape index (κ1) is 20.8. The number of nitrogens with one attached hydrogen (secondary N) is 1. The van der Waals surface area contributed by atoms with Crippen LogP contribution in [0.15, 0.2) is 95.6 Å². The Morgan fingerprint density at radius 1 is 1.29 bits per heavy atom. The Morgan fingerprint density at radius 2 is 2.10 bits per heavy atom. The first-order valence-electron chi connectivity index (χ1n) is 10.1. The number of thiazole rings is 1. The number of hydrogen-bond donors (Lipinski definition) is 1. The van der Waals surface area contributed by atoms with Gasteiger partial charge in [-0.1, -0.05) is 67.3 Å². The first-order valence-corrected chi connectivity index (χ1v) is 11.0. The summed E-state index contributed by atoms with van der Waals surface area (Å²) >= 11 is 1.30. The highest BCUT2D eigenvalue weighted by Crippen LogP contribution is 2.28. The maximum Gasteiger partial charge on any atom is 0.263 e. The van der Waals surface area contributed by atoms with Crippen molar-refractivity contribution in [2.24, 2.45) is 5.10 Å². The van der Waals surface area contributed by atoms with E-state index < -0.39 is 0 Å². The van der Waals surface area contributed by atoms with Crippen LogP contribution in [0.5, 0.6) is 0 Å². The Hall–Kier alpha value is -3.51. The van der Waals surface area contributed by atoms with Crippen LogP contribution in [0.3, 0.4) is 0 Å². The summed E-state index contributed by atoms with van der Waals surface area (Å²) in [4.78, 5) is 13.6. The fourth-order valence-corrected chi connectivity index (χ4v) is 4.37. The predicted octanol–water partition coefficient (Wildman–Crippen LogP) is 4.88. The zero-order chi connectivity index (χ0) is 21.8. The lowest BCUT2D eigenvalue weighted by Gasteiger charge is -2.23. The molecule has 0 saturated carbocycles. The molecule has 6 heteroatoms. The van der Waals surface area contributed by atoms with Gasteiger partial charge in [-0.25, -0.2) is 5.01 Å². The van der Waals surface area contributed by atoms with Crippen LogP contribution in [0.4, 0.5) is 0 Å². The highest BCUT2D eigenvalue weighted by Gasteiger charge is 2.33. The van der Waals surface area contributed by atoms with Gasteiger partial charge in [0.1, 0.15) is 6.54 Å². The number of nitrogens with zero attached hydrogens (tertiary/aromatic N) is 3. The van der Waals surface area contributed by atoms with Gasteiger partial charge in [0.05, 0.1) is 11.8 Å². The van der Waals surface area contributed by atoms with Crippen molar-refractivity contribution < 1.29 is 4.79 Å². The molecule has 1 aromatic heterocycles. The molecule has 1 amide bonds. The summed E-state index contributed by atoms with van der Waals surface area (Å²) in [6, 6.07) is 14.3. The van der Waals surface area contributed by atoms with Gasteiger partial charge in [0, 0.05) is 18.0 Å². The summed E-state index contributed by atoms with van der Waals surface area (Å²) in [5.74, 6) is -0.135. The lowest BCUT2D eigenvalue weighted by Crippen LogP contribution is -2.37. The maximum absolute atomic E-state index is 13.2. The molecular weight excluding hydrogens is 404 g/mol. The number of hydrogen-bond acceptors (Lipinski definition) is 4. The second-order valence-electron chi connectivity index (χ2n) is 7.29. The van der Waals surface area contributed by atoms with Crippen LogP contribution in [0, 0.1) is 5.41 Å². The van der Waals surface area contributed by atoms with Gasteiger partial charge in [-0.3, -0.25) is 10.2 Å². The lowest BCUT2D eigenvalue weighted by molar-refractivity contribution is -0.132. The third-order valence-electron chi connectivity index (χ3n) is 5.38. The Morgan fingerprint density at radius 3 is 2.81 bits per heavy atom. The minimum absolute atomic E-state index is 0.0928. The molecule has 1 unspecified atom stereocenters. The van der Waals surface area contributed by atoms with Gasteiger partial charge in [-0.2, -0.15) is 5.10 Å². The van der Waals surface area contributed by atoms with E-state index in [1.54, 1.807) is 21.8 Å². The van der Waals surface area contributed by atoms with Crippen LogP contribution in [0.2, 0.25) is 0 Å². The van der Waals surface area contributed by atoms with Gasteiger partial charge in [-0.15, -0.1) is 11.3 Å². The van der Waals surface area contributed by atoms with Crippen molar-refractivity contribution in [3.05, 3.63) is 101 Å². The van der Waals surface area contributed by atoms with E-state index in [0.29, 0.717) is 11.2 Å². The van der Waals surface area contributed by atoms with Crippen molar-refractivity contribution in [1.82, 2.24) is 9.58 Å². The molecule has 2 aromatic carbocycles. The molecule has 0 spiro atoms. The van der Waals surface area contributed by atoms with Crippen molar-refractivity contribution in [3.8, 4) is 0 Å². The summed E-state index contributed by atoms with van der Waals surface area (Å²) in [5, 5.41) is 18.4. The molecule has 0 radical (unpaired) electrons. The summed E-state index contributed by atoms with van der Waals surface area (Å²) in [6.45, 7) is 5.81. The van der Waals surface area contributed by atoms with Crippen LogP contribution >= 0.6 is 11.3 Å². The van der Waals surface area contributed by atoms with Crippen molar-refractivity contribution in [1.29, 1.82) is 5.41 Å². The number of rotatable bonds is 6. The Balaban J connectivity index is 1.70. The van der Waals surface area contributed by atoms with Crippen LogP contribution in [-0.2, 0) is 11.3 Å². The van der Waals surface area contributed by atoms with Crippen LogP contribution < -0.4 is 4.80 Å². The average Bonchev–Trinajstić information content (AvgIpc) is 3.41. The predicted molar refractivity (Wildman–Crippen MR) is 127 cm³/mol. The number of carbonyl (C=O) groups excluding carboxylic acids is 1. The third kappa shape index (κ3) is 4.34. The van der Waals surface area contributed by atoms with Crippen molar-refractivity contribution in [3.63, 3.8) is 0 Å². The molecule has 0 bridgehead atoms. The van der Waals surface area contributed by atoms with E-state index in [1.807, 2.05) is 42.7 Å². The highest BCUT2D eigenvalue weighted by atomic mass is 32.1. The Labute approximate surface area is 185 Å². The fourth-order valence-electron chi connectivity index (χ4n) is 3.77. The zero-order valence-corrected chi connectivity index (χ0v) is 18.2. The number of fused-ring (bicyclic) bond motifs is 1. The third-order valence-corrected chi connectivity index (χ3v) is 6.09. The topological polar surface area (TPSA) is 61.5 Å². The fraction of sp³-hybridized carbons (Fsp3) is 0.160. The smallest absolute Gasteiger partial charge is 0.263 e. The van der Waals surface area contributed by atoms with E-state index >= 15 is 0 Å². The molecule has 5 nitrogen and oxygen atoms in total. The molecule has 1 aliphatic rings. The number of hydrazone groups is 1. The summed E-state index contributed by atoms with van der Waals surface area (Å²) in [6.07, 6.45) is 9.98. The van der Waals surface area contributed by atoms with E-state index in [9.17, 15) is 4.79 Å². The van der Waals surface area contributed by atoms with Crippen LogP contribution in [0.1, 0.15) is 18.9 Å². The van der Waals surface area contributed by atoms with Gasteiger partial charge >= 0.3 is 0 Å². The number of allylic oxidation sites excluding steroid dienone is 3. The lowest BCUT2D eigenvalue weighted by atomic mass is 9.96. The van der Waals surface area contributed by atoms with E-state index in [4.69, 9.17) is 10.5 Å². The molecule has 1 aliphatic heterocycles. The molecule has 0 fully saturated rings. The molecule has 156 valence electrons. The van der Waals surface area contributed by atoms with Crippen molar-refractivity contribution >= 4 is 33.7 Å². The van der Waals surface area contributed by atoms with E-state index in [1.165, 1.54) is 16.7 Å². The largest absolute Gasteiger partial charge is 0.315 e. The molecule has 3 aromatic rings. The van der Waals surface area contributed by atoms with E-state index in [2.05, 4.69) is 36.9 Å². The monoisotopic (exact) mass is 428 g/mol. The molecule has 4 rings (SSSR count). The molecule has 0 saturated heterocycles. The van der Waals surface area contributed by atoms with Gasteiger partial charge in [0.25, 0.3) is 5.91 Å². The minimum Gasteiger partial charge on any atom is -0.315 e. The normalized spacial score (nSPS) is 16.8. The SMILES string of the molecule is C=C/C=C\C(=C/C)C1CC(c2ccc3ccccc3c2)=NN1C(=O)Cn1ccsc1=N. The van der Waals surface area contributed by atoms with Crippen LogP contribution in [-0.4, -0.2) is 27.2 Å². The Bertz CT molecular complexity index is 1280. The summed E-state index contributed by atoms with van der Waals surface area (Å²) < 4.78 is 1.64. The molecule has 31 heavy (non-hydrogen) atoms. The quantitative estimate of drug-likeness (QED) is 0.559. The number of carbonyl (C=O) groups is 1. The Kier molecular flexibility index (Phi) is 6.09. The number of amides is 1. The van der Waals surface area contributed by atoms with Crippen molar-refractivity contribution in [2.45, 2.75) is 25.9 Å². The molecule has 2 heterocycles. The second-order valence-corrected chi connectivity index (χ2v) is 8.18. The highest BCUT2D eigenvalue weighted by molar-refractivity contribution is 7.06. The van der Waals surface area contributed by atoms with E-state index in [-0.39, 0.29) is 18.5 Å². The van der Waals surface area contributed by atoms with Gasteiger partial charge in [-0.05, 0) is 34.9 Å². The summed E-state index contributed by atoms with van der Waals surface area (Å²) in [7, 11) is 0.